The van der Waals surface area contributed by atoms with Gasteiger partial charge in [-0.2, -0.15) is 13.2 Å². The number of thiophene rings is 1. The molecule has 2 aromatic rings. The molecular formula is C14H9ClF3NO3S. The molecule has 1 aromatic heterocycles. The maximum atomic E-state index is 12.6. The van der Waals surface area contributed by atoms with Gasteiger partial charge in [0.25, 0.3) is 5.91 Å². The van der Waals surface area contributed by atoms with Crippen molar-refractivity contribution >= 4 is 40.5 Å². The zero-order chi connectivity index (χ0) is 17.0. The molecule has 1 heterocycles. The van der Waals surface area contributed by atoms with Crippen LogP contribution in [-0.2, 0) is 15.7 Å². The van der Waals surface area contributed by atoms with E-state index in [0.29, 0.717) is 10.9 Å². The van der Waals surface area contributed by atoms with Gasteiger partial charge >= 0.3 is 12.1 Å². The molecule has 2 rings (SSSR count). The maximum absolute atomic E-state index is 12.6. The predicted molar refractivity (Wildman–Crippen MR) is 79.7 cm³/mol. The Bertz CT molecular complexity index is 717. The van der Waals surface area contributed by atoms with Gasteiger partial charge in [0.15, 0.2) is 6.61 Å². The lowest BCUT2D eigenvalue weighted by atomic mass is 10.2. The second-order valence-corrected chi connectivity index (χ2v) is 5.65. The van der Waals surface area contributed by atoms with Crippen LogP contribution in [-0.4, -0.2) is 18.5 Å². The Balaban J connectivity index is 1.99. The number of hydrogen-bond acceptors (Lipinski definition) is 4. The number of rotatable bonds is 4. The van der Waals surface area contributed by atoms with Crippen LogP contribution < -0.4 is 5.32 Å². The average Bonchev–Trinajstić information content (AvgIpc) is 3.00. The van der Waals surface area contributed by atoms with Crippen LogP contribution in [0.15, 0.2) is 35.7 Å². The number of alkyl halides is 3. The third-order valence-electron chi connectivity index (χ3n) is 2.62. The number of carbonyl (C=O) groups is 2. The molecule has 0 saturated heterocycles. The van der Waals surface area contributed by atoms with Crippen LogP contribution >= 0.6 is 22.9 Å². The fraction of sp³-hybridized carbons (Fsp3) is 0.143. The fourth-order valence-corrected chi connectivity index (χ4v) is 2.36. The highest BCUT2D eigenvalue weighted by Gasteiger charge is 2.31. The van der Waals surface area contributed by atoms with E-state index in [2.05, 4.69) is 5.32 Å². The van der Waals surface area contributed by atoms with Gasteiger partial charge in [0.2, 0.25) is 0 Å². The van der Waals surface area contributed by atoms with Gasteiger partial charge in [-0.05, 0) is 29.6 Å². The summed E-state index contributed by atoms with van der Waals surface area (Å²) in [6.07, 6.45) is -4.56. The van der Waals surface area contributed by atoms with E-state index in [1.165, 1.54) is 6.07 Å². The van der Waals surface area contributed by atoms with Crippen LogP contribution in [0.1, 0.15) is 15.2 Å². The second-order valence-electron chi connectivity index (χ2n) is 4.29. The summed E-state index contributed by atoms with van der Waals surface area (Å²) in [6.45, 7) is -0.636. The molecule has 0 atom stereocenters. The average molecular weight is 364 g/mol. The molecule has 4 nitrogen and oxygen atoms in total. The number of ether oxygens (including phenoxy) is 1. The van der Waals surface area contributed by atoms with Crippen molar-refractivity contribution in [2.24, 2.45) is 0 Å². The van der Waals surface area contributed by atoms with Gasteiger partial charge in [0.1, 0.15) is 4.88 Å². The molecular weight excluding hydrogens is 355 g/mol. The van der Waals surface area contributed by atoms with E-state index < -0.39 is 30.2 Å². The summed E-state index contributed by atoms with van der Waals surface area (Å²) in [5.74, 6) is -1.48. The first-order valence-electron chi connectivity index (χ1n) is 6.14. The first kappa shape index (κ1) is 17.3. The molecule has 0 bridgehead atoms. The summed E-state index contributed by atoms with van der Waals surface area (Å²) in [6, 6.07) is 5.70. The summed E-state index contributed by atoms with van der Waals surface area (Å²) in [5, 5.41) is 3.79. The molecule has 1 N–H and O–H groups in total. The molecule has 0 fully saturated rings. The Hall–Kier alpha value is -2.06. The number of anilines is 1. The zero-order valence-electron chi connectivity index (χ0n) is 11.3. The predicted octanol–water partition coefficient (Wildman–Crippen LogP) is 4.22. The largest absolute Gasteiger partial charge is 0.451 e. The number of carbonyl (C=O) groups excluding carboxylic acids is 2. The quantitative estimate of drug-likeness (QED) is 0.828. The maximum Gasteiger partial charge on any atom is 0.416 e. The molecule has 1 amide bonds. The van der Waals surface area contributed by atoms with Gasteiger partial charge < -0.3 is 10.1 Å². The van der Waals surface area contributed by atoms with Gasteiger partial charge in [0, 0.05) is 0 Å². The molecule has 0 spiro atoms. The number of benzene rings is 1. The fourth-order valence-electron chi connectivity index (χ4n) is 1.58. The van der Waals surface area contributed by atoms with E-state index in [-0.39, 0.29) is 10.7 Å². The van der Waals surface area contributed by atoms with Gasteiger partial charge in [0.05, 0.1) is 16.3 Å². The van der Waals surface area contributed by atoms with Gasteiger partial charge in [-0.1, -0.05) is 17.7 Å². The number of halogens is 4. The van der Waals surface area contributed by atoms with E-state index in [1.807, 2.05) is 0 Å². The summed E-state index contributed by atoms with van der Waals surface area (Å²) in [4.78, 5) is 23.5. The minimum absolute atomic E-state index is 0.0593. The highest BCUT2D eigenvalue weighted by molar-refractivity contribution is 7.11. The Kier molecular flexibility index (Phi) is 5.27. The van der Waals surface area contributed by atoms with E-state index in [9.17, 15) is 22.8 Å². The van der Waals surface area contributed by atoms with Crippen LogP contribution in [0, 0.1) is 0 Å². The van der Waals surface area contributed by atoms with E-state index >= 15 is 0 Å². The highest BCUT2D eigenvalue weighted by atomic mass is 35.5. The SMILES string of the molecule is O=C(COC(=O)c1cccs1)Nc1cc(C(F)(F)F)ccc1Cl. The second kappa shape index (κ2) is 7.01. The molecule has 9 heteroatoms. The van der Waals surface area contributed by atoms with Crippen molar-refractivity contribution < 1.29 is 27.5 Å². The Morgan fingerprint density at radius 2 is 2.00 bits per heavy atom. The molecule has 0 unspecified atom stereocenters. The molecule has 122 valence electrons. The molecule has 0 aliphatic heterocycles. The zero-order valence-corrected chi connectivity index (χ0v) is 12.9. The smallest absolute Gasteiger partial charge is 0.416 e. The molecule has 0 saturated carbocycles. The van der Waals surface area contributed by atoms with Crippen molar-refractivity contribution in [3.63, 3.8) is 0 Å². The molecule has 1 aromatic carbocycles. The number of hydrogen-bond donors (Lipinski definition) is 1. The first-order valence-corrected chi connectivity index (χ1v) is 7.40. The summed E-state index contributed by atoms with van der Waals surface area (Å²) >= 11 is 6.89. The van der Waals surface area contributed by atoms with Crippen molar-refractivity contribution in [2.45, 2.75) is 6.18 Å². The summed E-state index contributed by atoms with van der Waals surface area (Å²) in [7, 11) is 0. The summed E-state index contributed by atoms with van der Waals surface area (Å²) in [5.41, 5.74) is -1.16. The number of amides is 1. The topological polar surface area (TPSA) is 55.4 Å². The number of esters is 1. The minimum atomic E-state index is -4.56. The van der Waals surface area contributed by atoms with Crippen LogP contribution in [0.3, 0.4) is 0 Å². The van der Waals surface area contributed by atoms with E-state index in [1.54, 1.807) is 11.4 Å². The van der Waals surface area contributed by atoms with Crippen LogP contribution in [0.4, 0.5) is 18.9 Å². The minimum Gasteiger partial charge on any atom is -0.451 e. The third-order valence-corrected chi connectivity index (χ3v) is 3.80. The molecule has 0 aliphatic rings. The van der Waals surface area contributed by atoms with Crippen molar-refractivity contribution in [1.29, 1.82) is 0 Å². The first-order chi connectivity index (χ1) is 10.8. The van der Waals surface area contributed by atoms with Crippen molar-refractivity contribution in [3.8, 4) is 0 Å². The van der Waals surface area contributed by atoms with Gasteiger partial charge in [-0.3, -0.25) is 4.79 Å². The molecule has 0 aliphatic carbocycles. The van der Waals surface area contributed by atoms with Crippen molar-refractivity contribution in [3.05, 3.63) is 51.2 Å². The van der Waals surface area contributed by atoms with Gasteiger partial charge in [-0.15, -0.1) is 11.3 Å². The molecule has 0 radical (unpaired) electrons. The highest BCUT2D eigenvalue weighted by Crippen LogP contribution is 2.33. The molecule has 23 heavy (non-hydrogen) atoms. The lowest BCUT2D eigenvalue weighted by Crippen LogP contribution is -2.21. The van der Waals surface area contributed by atoms with Crippen molar-refractivity contribution in [1.82, 2.24) is 0 Å². The third kappa shape index (κ3) is 4.70. The monoisotopic (exact) mass is 363 g/mol. The summed E-state index contributed by atoms with van der Waals surface area (Å²) < 4.78 is 42.6. The van der Waals surface area contributed by atoms with E-state index in [0.717, 1.165) is 23.5 Å². The Morgan fingerprint density at radius 3 is 2.61 bits per heavy atom. The van der Waals surface area contributed by atoms with Crippen LogP contribution in [0.25, 0.3) is 0 Å². The van der Waals surface area contributed by atoms with Crippen LogP contribution in [0.2, 0.25) is 5.02 Å². The van der Waals surface area contributed by atoms with Crippen LogP contribution in [0.5, 0.6) is 0 Å². The Labute approximate surface area is 137 Å². The van der Waals surface area contributed by atoms with Gasteiger partial charge in [-0.25, -0.2) is 4.79 Å². The van der Waals surface area contributed by atoms with Crippen molar-refractivity contribution in [2.75, 3.05) is 11.9 Å². The lowest BCUT2D eigenvalue weighted by Gasteiger charge is -2.11. The number of nitrogens with one attached hydrogen (secondary N) is 1. The lowest BCUT2D eigenvalue weighted by molar-refractivity contribution is -0.137. The van der Waals surface area contributed by atoms with E-state index in [4.69, 9.17) is 16.3 Å². The Morgan fingerprint density at radius 1 is 1.26 bits per heavy atom. The standard InChI is InChI=1S/C14H9ClF3NO3S/c15-9-4-3-8(14(16,17)18)6-10(9)19-12(20)7-22-13(21)11-2-1-5-23-11/h1-6H,7H2,(H,19,20). The normalized spacial score (nSPS) is 11.1.